The van der Waals surface area contributed by atoms with Crippen LogP contribution in [0.15, 0.2) is 60.8 Å². The van der Waals surface area contributed by atoms with Crippen molar-refractivity contribution >= 4 is 41.0 Å². The summed E-state index contributed by atoms with van der Waals surface area (Å²) in [6.45, 7) is 10.4. The van der Waals surface area contributed by atoms with E-state index in [0.29, 0.717) is 41.3 Å². The number of alkyl halides is 3. The van der Waals surface area contributed by atoms with Gasteiger partial charge in [0.1, 0.15) is 34.3 Å². The summed E-state index contributed by atoms with van der Waals surface area (Å²) < 4.78 is 45.2. The SMILES string of the molecule is CC(C)[C@H](NC(=O)O)C(=O)N1C[C@@H](C)C[C@H]1c1nc(-c2ccc(-c3ccc(C(=O)Nc4ccc(N5CCNC[C@H]5C)nc4)cc3OC(F)(F)F)cc2)c(Cl)[nH]1. The normalized spacial score (nSPS) is 19.3. The lowest BCUT2D eigenvalue weighted by Crippen LogP contribution is -2.50. The first-order chi connectivity index (χ1) is 26.1. The number of nitrogens with one attached hydrogen (secondary N) is 4. The summed E-state index contributed by atoms with van der Waals surface area (Å²) in [6, 6.07) is 12.6. The zero-order chi connectivity index (χ0) is 39.6. The molecule has 17 heteroatoms. The van der Waals surface area contributed by atoms with Gasteiger partial charge in [-0.2, -0.15) is 0 Å². The summed E-state index contributed by atoms with van der Waals surface area (Å²) in [5.74, 6) is -0.570. The highest BCUT2D eigenvalue weighted by atomic mass is 35.5. The van der Waals surface area contributed by atoms with Gasteiger partial charge in [0, 0.05) is 48.9 Å². The number of H-pyrrole nitrogens is 1. The van der Waals surface area contributed by atoms with Crippen LogP contribution in [0.1, 0.15) is 56.3 Å². The maximum absolute atomic E-state index is 13.6. The molecule has 0 spiro atoms. The third-order valence-electron chi connectivity index (χ3n) is 9.74. The van der Waals surface area contributed by atoms with Gasteiger partial charge in [0.2, 0.25) is 5.91 Å². The minimum absolute atomic E-state index is 0.0533. The first-order valence-corrected chi connectivity index (χ1v) is 18.3. The van der Waals surface area contributed by atoms with Crippen molar-refractivity contribution in [1.82, 2.24) is 30.5 Å². The number of imidazole rings is 1. The third-order valence-corrected chi connectivity index (χ3v) is 10.0. The van der Waals surface area contributed by atoms with E-state index in [4.69, 9.17) is 16.6 Å². The van der Waals surface area contributed by atoms with Gasteiger partial charge in [0.25, 0.3) is 5.91 Å². The van der Waals surface area contributed by atoms with Crippen LogP contribution in [0.2, 0.25) is 5.15 Å². The molecule has 0 radical (unpaired) electrons. The van der Waals surface area contributed by atoms with Gasteiger partial charge < -0.3 is 40.6 Å². The predicted molar refractivity (Wildman–Crippen MR) is 201 cm³/mol. The molecular formula is C38H42ClF3N8O5. The lowest BCUT2D eigenvalue weighted by Gasteiger charge is -2.34. The molecule has 2 fully saturated rings. The first-order valence-electron chi connectivity index (χ1n) is 17.9. The molecule has 13 nitrogen and oxygen atoms in total. The molecule has 292 valence electrons. The number of carbonyl (C=O) groups is 3. The van der Waals surface area contributed by atoms with Crippen molar-refractivity contribution in [3.63, 3.8) is 0 Å². The number of anilines is 2. The van der Waals surface area contributed by atoms with E-state index < -0.39 is 36.2 Å². The Balaban J connectivity index is 1.21. The number of hydrogen-bond donors (Lipinski definition) is 5. The van der Waals surface area contributed by atoms with Crippen LogP contribution in [0.25, 0.3) is 22.4 Å². The predicted octanol–water partition coefficient (Wildman–Crippen LogP) is 6.94. The zero-order valence-corrected chi connectivity index (χ0v) is 31.3. The molecule has 0 bridgehead atoms. The molecule has 2 saturated heterocycles. The number of carbonyl (C=O) groups excluding carboxylic acids is 2. The van der Waals surface area contributed by atoms with Crippen molar-refractivity contribution in [1.29, 1.82) is 0 Å². The second-order valence-electron chi connectivity index (χ2n) is 14.2. The number of halogens is 4. The van der Waals surface area contributed by atoms with E-state index in [1.54, 1.807) is 55.1 Å². The Labute approximate surface area is 320 Å². The fraction of sp³-hybridized carbons (Fsp3) is 0.395. The highest BCUT2D eigenvalue weighted by molar-refractivity contribution is 6.32. The van der Waals surface area contributed by atoms with Gasteiger partial charge in [-0.1, -0.05) is 56.6 Å². The summed E-state index contributed by atoms with van der Waals surface area (Å²) in [6.07, 6.45) is -4.25. The van der Waals surface area contributed by atoms with Crippen LogP contribution in [-0.2, 0) is 4.79 Å². The lowest BCUT2D eigenvalue weighted by molar-refractivity contribution is -0.274. The van der Waals surface area contributed by atoms with Gasteiger partial charge in [-0.15, -0.1) is 13.2 Å². The Morgan fingerprint density at radius 1 is 1.05 bits per heavy atom. The molecular weight excluding hydrogens is 741 g/mol. The highest BCUT2D eigenvalue weighted by Gasteiger charge is 2.40. The minimum Gasteiger partial charge on any atom is -0.465 e. The van der Waals surface area contributed by atoms with Crippen LogP contribution in [-0.4, -0.2) is 87.5 Å². The van der Waals surface area contributed by atoms with Crippen molar-refractivity contribution in [2.24, 2.45) is 11.8 Å². The molecule has 0 saturated carbocycles. The van der Waals surface area contributed by atoms with Crippen molar-refractivity contribution in [3.05, 3.63) is 77.3 Å². The van der Waals surface area contributed by atoms with Crippen molar-refractivity contribution in [3.8, 4) is 28.1 Å². The molecule has 6 rings (SSSR count). The maximum Gasteiger partial charge on any atom is 0.573 e. The number of likely N-dealkylation sites (tertiary alicyclic amines) is 1. The Morgan fingerprint density at radius 3 is 2.42 bits per heavy atom. The topological polar surface area (TPSA) is 165 Å². The fourth-order valence-corrected chi connectivity index (χ4v) is 7.27. The number of aromatic amines is 1. The Bertz CT molecular complexity index is 2030. The molecule has 3 amide bonds. The maximum atomic E-state index is 13.6. The molecule has 2 aliphatic heterocycles. The van der Waals surface area contributed by atoms with Crippen LogP contribution >= 0.6 is 11.6 Å². The number of amides is 3. The summed E-state index contributed by atoms with van der Waals surface area (Å²) in [7, 11) is 0. The molecule has 2 aromatic carbocycles. The molecule has 4 atom stereocenters. The number of pyridine rings is 1. The standard InChI is InChI=1S/C38H42ClF3N8O5/c1-20(2)31(47-37(53)54)36(52)50-19-21(3)15-28(50)34-46-32(33(39)48-34)24-7-5-23(6-8-24)27-11-9-25(16-29(27)55-38(40,41)42)35(51)45-26-10-12-30(44-18-26)49-14-13-43-17-22(49)4/h5-12,16,18,20-22,28,31,43,47H,13-15,17,19H2,1-4H3,(H,45,51)(H,46,48)(H,53,54)/t21-,22+,28-,31-/m0/s1. The number of carboxylic acid groups (broad SMARTS) is 1. The van der Waals surface area contributed by atoms with E-state index in [-0.39, 0.29) is 40.1 Å². The number of piperazine rings is 1. The van der Waals surface area contributed by atoms with E-state index in [0.717, 1.165) is 31.5 Å². The van der Waals surface area contributed by atoms with Crippen LogP contribution in [0.4, 0.5) is 29.5 Å². The van der Waals surface area contributed by atoms with Gasteiger partial charge in [-0.3, -0.25) is 9.59 Å². The summed E-state index contributed by atoms with van der Waals surface area (Å²) in [5, 5.41) is 17.8. The fourth-order valence-electron chi connectivity index (χ4n) is 7.03. The Kier molecular flexibility index (Phi) is 11.6. The molecule has 2 aliphatic rings. The van der Waals surface area contributed by atoms with Gasteiger partial charge in [0.05, 0.1) is 17.9 Å². The van der Waals surface area contributed by atoms with Gasteiger partial charge >= 0.3 is 12.5 Å². The summed E-state index contributed by atoms with van der Waals surface area (Å²) >= 11 is 6.61. The van der Waals surface area contributed by atoms with Crippen molar-refractivity contribution < 1.29 is 37.4 Å². The lowest BCUT2D eigenvalue weighted by atomic mass is 10.00. The number of ether oxygens (including phenoxy) is 1. The van der Waals surface area contributed by atoms with E-state index in [1.807, 2.05) is 6.92 Å². The molecule has 4 aromatic rings. The smallest absolute Gasteiger partial charge is 0.465 e. The number of hydrogen-bond acceptors (Lipinski definition) is 8. The second-order valence-corrected chi connectivity index (χ2v) is 14.6. The molecule has 0 unspecified atom stereocenters. The average Bonchev–Trinajstić information content (AvgIpc) is 3.72. The van der Waals surface area contributed by atoms with Gasteiger partial charge in [-0.05, 0) is 61.1 Å². The highest BCUT2D eigenvalue weighted by Crippen LogP contribution is 2.39. The number of aromatic nitrogens is 3. The number of benzene rings is 2. The van der Waals surface area contributed by atoms with Crippen LogP contribution in [0.3, 0.4) is 0 Å². The molecule has 4 heterocycles. The van der Waals surface area contributed by atoms with E-state index >= 15 is 0 Å². The molecule has 0 aliphatic carbocycles. The van der Waals surface area contributed by atoms with Crippen molar-refractivity contribution in [2.75, 3.05) is 36.4 Å². The van der Waals surface area contributed by atoms with Crippen LogP contribution < -0.4 is 25.6 Å². The molecule has 55 heavy (non-hydrogen) atoms. The quantitative estimate of drug-likeness (QED) is 0.115. The minimum atomic E-state index is -5.03. The average molecular weight is 783 g/mol. The van der Waals surface area contributed by atoms with Gasteiger partial charge in [0.15, 0.2) is 0 Å². The molecule has 2 aromatic heterocycles. The third kappa shape index (κ3) is 9.14. The zero-order valence-electron chi connectivity index (χ0n) is 30.6. The Morgan fingerprint density at radius 2 is 1.78 bits per heavy atom. The van der Waals surface area contributed by atoms with E-state index in [9.17, 15) is 32.7 Å². The van der Waals surface area contributed by atoms with E-state index in [2.05, 4.69) is 42.5 Å². The van der Waals surface area contributed by atoms with Gasteiger partial charge in [-0.25, -0.2) is 14.8 Å². The summed E-state index contributed by atoms with van der Waals surface area (Å²) in [4.78, 5) is 54.1. The summed E-state index contributed by atoms with van der Waals surface area (Å²) in [5.41, 5.74) is 1.70. The largest absolute Gasteiger partial charge is 0.573 e. The van der Waals surface area contributed by atoms with E-state index in [1.165, 1.54) is 18.3 Å². The number of nitrogens with zero attached hydrogens (tertiary/aromatic N) is 4. The monoisotopic (exact) mass is 782 g/mol. The number of rotatable bonds is 10. The van der Waals surface area contributed by atoms with Crippen molar-refractivity contribution in [2.45, 2.75) is 58.6 Å². The Hall–Kier alpha value is -5.35. The van der Waals surface area contributed by atoms with Crippen LogP contribution in [0, 0.1) is 11.8 Å². The first kappa shape index (κ1) is 39.3. The van der Waals surface area contributed by atoms with Crippen LogP contribution in [0.5, 0.6) is 5.75 Å². The second kappa shape index (κ2) is 16.2. The molecule has 5 N–H and O–H groups in total.